The largest absolute Gasteiger partial charge is 0.330 e. The Morgan fingerprint density at radius 1 is 1.29 bits per heavy atom. The minimum atomic E-state index is -0.541. The Balaban J connectivity index is 1.52. The molecule has 3 aromatic heterocycles. The lowest BCUT2D eigenvalue weighted by atomic mass is 10.2. The van der Waals surface area contributed by atoms with Crippen molar-refractivity contribution in [2.75, 3.05) is 5.32 Å². The summed E-state index contributed by atoms with van der Waals surface area (Å²) in [5.74, 6) is -0.376. The van der Waals surface area contributed by atoms with Crippen molar-refractivity contribution in [3.63, 3.8) is 0 Å². The van der Waals surface area contributed by atoms with Gasteiger partial charge in [0.05, 0.1) is 26.2 Å². The number of thiazole rings is 1. The Bertz CT molecular complexity index is 1380. The highest BCUT2D eigenvalue weighted by Crippen LogP contribution is 2.34. The summed E-state index contributed by atoms with van der Waals surface area (Å²) >= 11 is 1.55. The molecular formula is C19H15N5O3S. The Kier molecular flexibility index (Phi) is 3.66. The van der Waals surface area contributed by atoms with Gasteiger partial charge in [-0.2, -0.15) is 0 Å². The monoisotopic (exact) mass is 393 g/mol. The number of aromatic amines is 1. The van der Waals surface area contributed by atoms with Crippen molar-refractivity contribution in [3.8, 4) is 0 Å². The standard InChI is InChI=1S/C19H15N5O3S/c1-9-21-14-5-2-11(7-15(14)28-9)22-17(25)10-6-13-16(20-8-10)24(12-3-4-12)19(27)23-18(13)26/h2,5-8,12H,3-4H2,1H3,(H,22,25)(H,23,26,27). The molecule has 0 spiro atoms. The van der Waals surface area contributed by atoms with Crippen molar-refractivity contribution in [2.24, 2.45) is 0 Å². The van der Waals surface area contributed by atoms with Gasteiger partial charge in [-0.25, -0.2) is 14.8 Å². The first-order chi connectivity index (χ1) is 13.5. The molecule has 9 heteroatoms. The van der Waals surface area contributed by atoms with E-state index in [1.54, 1.807) is 17.4 Å². The number of amides is 1. The van der Waals surface area contributed by atoms with E-state index in [4.69, 9.17) is 0 Å². The normalized spacial score (nSPS) is 13.9. The van der Waals surface area contributed by atoms with Crippen LogP contribution in [0.3, 0.4) is 0 Å². The first-order valence-electron chi connectivity index (χ1n) is 8.83. The van der Waals surface area contributed by atoms with Gasteiger partial charge in [-0.05, 0) is 44.0 Å². The van der Waals surface area contributed by atoms with Crippen LogP contribution in [0.25, 0.3) is 21.3 Å². The fraction of sp³-hybridized carbons (Fsp3) is 0.211. The second kappa shape index (κ2) is 6.10. The summed E-state index contributed by atoms with van der Waals surface area (Å²) in [6.45, 7) is 1.93. The molecule has 0 bridgehead atoms. The number of anilines is 1. The lowest BCUT2D eigenvalue weighted by Crippen LogP contribution is -2.30. The van der Waals surface area contributed by atoms with Crippen LogP contribution in [0.15, 0.2) is 40.1 Å². The summed E-state index contributed by atoms with van der Waals surface area (Å²) in [6.07, 6.45) is 3.15. The van der Waals surface area contributed by atoms with Gasteiger partial charge in [0.1, 0.15) is 5.65 Å². The van der Waals surface area contributed by atoms with E-state index in [1.807, 2.05) is 19.1 Å². The number of aryl methyl sites for hydroxylation is 1. The number of fused-ring (bicyclic) bond motifs is 2. The number of pyridine rings is 1. The highest BCUT2D eigenvalue weighted by Gasteiger charge is 2.27. The van der Waals surface area contributed by atoms with Crippen molar-refractivity contribution in [1.82, 2.24) is 19.5 Å². The maximum atomic E-state index is 12.7. The molecule has 28 heavy (non-hydrogen) atoms. The molecule has 1 saturated carbocycles. The number of hydrogen-bond acceptors (Lipinski definition) is 6. The van der Waals surface area contributed by atoms with Gasteiger partial charge in [0.2, 0.25) is 0 Å². The fourth-order valence-corrected chi connectivity index (χ4v) is 4.12. The minimum Gasteiger partial charge on any atom is -0.322 e. The van der Waals surface area contributed by atoms with Crippen LogP contribution in [0.4, 0.5) is 5.69 Å². The molecule has 3 heterocycles. The molecule has 1 aliphatic rings. The first-order valence-corrected chi connectivity index (χ1v) is 9.64. The molecule has 1 aliphatic carbocycles. The second-order valence-electron chi connectivity index (χ2n) is 6.83. The zero-order valence-electron chi connectivity index (χ0n) is 14.9. The van der Waals surface area contributed by atoms with Crippen molar-refractivity contribution < 1.29 is 4.79 Å². The summed E-state index contributed by atoms with van der Waals surface area (Å²) in [6, 6.07) is 7.04. The van der Waals surface area contributed by atoms with Crippen LogP contribution in [0, 0.1) is 6.92 Å². The molecule has 1 aromatic carbocycles. The van der Waals surface area contributed by atoms with E-state index in [0.717, 1.165) is 28.1 Å². The summed E-state index contributed by atoms with van der Waals surface area (Å²) < 4.78 is 2.48. The van der Waals surface area contributed by atoms with Gasteiger partial charge in [0.25, 0.3) is 11.5 Å². The van der Waals surface area contributed by atoms with Crippen LogP contribution >= 0.6 is 11.3 Å². The van der Waals surface area contributed by atoms with Crippen molar-refractivity contribution in [2.45, 2.75) is 25.8 Å². The zero-order chi connectivity index (χ0) is 19.4. The van der Waals surface area contributed by atoms with Crippen LogP contribution in [0.5, 0.6) is 0 Å². The van der Waals surface area contributed by atoms with Gasteiger partial charge >= 0.3 is 5.69 Å². The average Bonchev–Trinajstić information content (AvgIpc) is 3.42. The molecule has 140 valence electrons. The molecule has 0 saturated heterocycles. The zero-order valence-corrected chi connectivity index (χ0v) is 15.7. The quantitative estimate of drug-likeness (QED) is 0.556. The van der Waals surface area contributed by atoms with Crippen LogP contribution < -0.4 is 16.6 Å². The Morgan fingerprint density at radius 2 is 2.11 bits per heavy atom. The molecule has 2 N–H and O–H groups in total. The molecule has 0 atom stereocenters. The van der Waals surface area contributed by atoms with E-state index in [0.29, 0.717) is 11.3 Å². The molecule has 1 fully saturated rings. The fourth-order valence-electron chi connectivity index (χ4n) is 3.25. The van der Waals surface area contributed by atoms with Gasteiger partial charge < -0.3 is 5.32 Å². The van der Waals surface area contributed by atoms with Gasteiger partial charge in [-0.3, -0.25) is 19.1 Å². The molecule has 1 amide bonds. The van der Waals surface area contributed by atoms with Crippen LogP contribution in [0.1, 0.15) is 34.2 Å². The molecule has 0 unspecified atom stereocenters. The van der Waals surface area contributed by atoms with E-state index in [2.05, 4.69) is 20.3 Å². The van der Waals surface area contributed by atoms with Crippen LogP contribution in [0.2, 0.25) is 0 Å². The van der Waals surface area contributed by atoms with E-state index in [9.17, 15) is 14.4 Å². The number of hydrogen-bond donors (Lipinski definition) is 2. The number of benzene rings is 1. The number of aromatic nitrogens is 4. The number of nitrogens with one attached hydrogen (secondary N) is 2. The average molecular weight is 393 g/mol. The minimum absolute atomic E-state index is 0.0635. The number of carbonyl (C=O) groups excluding carboxylic acids is 1. The Morgan fingerprint density at radius 3 is 2.89 bits per heavy atom. The van der Waals surface area contributed by atoms with Crippen LogP contribution in [-0.4, -0.2) is 25.4 Å². The summed E-state index contributed by atoms with van der Waals surface area (Å²) in [7, 11) is 0. The number of H-pyrrole nitrogens is 1. The van der Waals surface area contributed by atoms with Gasteiger partial charge in [-0.15, -0.1) is 11.3 Å². The van der Waals surface area contributed by atoms with E-state index in [1.165, 1.54) is 16.8 Å². The van der Waals surface area contributed by atoms with Crippen molar-refractivity contribution >= 4 is 44.2 Å². The van der Waals surface area contributed by atoms with E-state index < -0.39 is 11.2 Å². The van der Waals surface area contributed by atoms with Crippen LogP contribution in [-0.2, 0) is 0 Å². The lowest BCUT2D eigenvalue weighted by Gasteiger charge is -2.09. The van der Waals surface area contributed by atoms with E-state index in [-0.39, 0.29) is 22.9 Å². The van der Waals surface area contributed by atoms with Gasteiger partial charge in [0, 0.05) is 17.9 Å². The second-order valence-corrected chi connectivity index (χ2v) is 8.06. The molecule has 0 radical (unpaired) electrons. The van der Waals surface area contributed by atoms with Crippen molar-refractivity contribution in [1.29, 1.82) is 0 Å². The lowest BCUT2D eigenvalue weighted by molar-refractivity contribution is 0.102. The SMILES string of the molecule is Cc1nc2ccc(NC(=O)c3cnc4c(c3)c(=O)[nH]c(=O)n4C3CC3)cc2s1. The predicted molar refractivity (Wildman–Crippen MR) is 107 cm³/mol. The summed E-state index contributed by atoms with van der Waals surface area (Å²) in [4.78, 5) is 48.0. The van der Waals surface area contributed by atoms with Gasteiger partial charge in [0.15, 0.2) is 0 Å². The third-order valence-corrected chi connectivity index (χ3v) is 5.64. The number of nitrogens with zero attached hydrogens (tertiary/aromatic N) is 3. The number of carbonyl (C=O) groups is 1. The Labute approximate surface area is 161 Å². The molecule has 8 nitrogen and oxygen atoms in total. The molecule has 0 aliphatic heterocycles. The highest BCUT2D eigenvalue weighted by atomic mass is 32.1. The molecule has 4 aromatic rings. The smallest absolute Gasteiger partial charge is 0.322 e. The third-order valence-electron chi connectivity index (χ3n) is 4.71. The first kappa shape index (κ1) is 16.8. The number of rotatable bonds is 3. The molecular weight excluding hydrogens is 378 g/mol. The predicted octanol–water partition coefficient (Wildman–Crippen LogP) is 2.59. The highest BCUT2D eigenvalue weighted by molar-refractivity contribution is 7.18. The maximum Gasteiger partial charge on any atom is 0.330 e. The summed E-state index contributed by atoms with van der Waals surface area (Å²) in [5.41, 5.74) is 1.09. The van der Waals surface area contributed by atoms with Crippen molar-refractivity contribution in [3.05, 3.63) is 61.9 Å². The van der Waals surface area contributed by atoms with E-state index >= 15 is 0 Å². The topological polar surface area (TPSA) is 110 Å². The maximum absolute atomic E-state index is 12.7. The Hall–Kier alpha value is -3.33. The molecule has 5 rings (SSSR count). The summed E-state index contributed by atoms with van der Waals surface area (Å²) in [5, 5.41) is 4.01. The third kappa shape index (κ3) is 2.80. The van der Waals surface area contributed by atoms with Gasteiger partial charge in [-0.1, -0.05) is 0 Å².